The number of hydrogen-bond acceptors (Lipinski definition) is 6. The van der Waals surface area contributed by atoms with Gasteiger partial charge in [0.2, 0.25) is 5.91 Å². The Kier molecular flexibility index (Phi) is 5.90. The minimum Gasteiger partial charge on any atom is -0.493 e. The summed E-state index contributed by atoms with van der Waals surface area (Å²) in [5.74, 6) is -0.400. The second kappa shape index (κ2) is 7.76. The fourth-order valence-electron chi connectivity index (χ4n) is 2.16. The molecule has 0 unspecified atom stereocenters. The molecule has 0 bridgehead atoms. The third-order valence-electron chi connectivity index (χ3n) is 4.12. The number of esters is 1. The van der Waals surface area contributed by atoms with Crippen molar-refractivity contribution in [2.75, 3.05) is 26.1 Å². The Balaban J connectivity index is 2.26. The van der Waals surface area contributed by atoms with Crippen LogP contribution in [0.2, 0.25) is 0 Å². The van der Waals surface area contributed by atoms with Crippen molar-refractivity contribution in [3.63, 3.8) is 0 Å². The second-order valence-corrected chi connectivity index (χ2v) is 7.27. The van der Waals surface area contributed by atoms with E-state index in [0.717, 1.165) is 12.8 Å². The molecule has 142 valence electrons. The molecule has 2 rings (SSSR count). The zero-order chi connectivity index (χ0) is 19.5. The van der Waals surface area contributed by atoms with Crippen LogP contribution in [0.15, 0.2) is 12.1 Å². The SMILES string of the molecule is COc1cc(NC(=O)C2CC2)c(C(=O)OCC(=O)C(C)(C)C)cc1OC. The summed E-state index contributed by atoms with van der Waals surface area (Å²) in [4.78, 5) is 36.6. The van der Waals surface area contributed by atoms with Crippen molar-refractivity contribution in [3.05, 3.63) is 17.7 Å². The molecule has 1 aromatic carbocycles. The van der Waals surface area contributed by atoms with Gasteiger partial charge in [-0.2, -0.15) is 0 Å². The lowest BCUT2D eigenvalue weighted by molar-refractivity contribution is -0.129. The van der Waals surface area contributed by atoms with Gasteiger partial charge in [-0.1, -0.05) is 20.8 Å². The van der Waals surface area contributed by atoms with Crippen LogP contribution in [-0.4, -0.2) is 38.5 Å². The van der Waals surface area contributed by atoms with Gasteiger partial charge in [0.05, 0.1) is 25.5 Å². The number of rotatable bonds is 7. The lowest BCUT2D eigenvalue weighted by atomic mass is 9.91. The number of carbonyl (C=O) groups excluding carboxylic acids is 3. The summed E-state index contributed by atoms with van der Waals surface area (Å²) in [6, 6.07) is 2.95. The predicted molar refractivity (Wildman–Crippen MR) is 95.6 cm³/mol. The van der Waals surface area contributed by atoms with Gasteiger partial charge in [0, 0.05) is 23.5 Å². The van der Waals surface area contributed by atoms with Crippen LogP contribution in [0.5, 0.6) is 11.5 Å². The highest BCUT2D eigenvalue weighted by Crippen LogP contribution is 2.36. The first kappa shape index (κ1) is 19.8. The third kappa shape index (κ3) is 4.74. The van der Waals surface area contributed by atoms with Gasteiger partial charge in [-0.3, -0.25) is 9.59 Å². The Hall–Kier alpha value is -2.57. The summed E-state index contributed by atoms with van der Waals surface area (Å²) < 4.78 is 15.6. The molecule has 7 nitrogen and oxygen atoms in total. The monoisotopic (exact) mass is 363 g/mol. The smallest absolute Gasteiger partial charge is 0.340 e. The fraction of sp³-hybridized carbons (Fsp3) is 0.526. The maximum atomic E-state index is 12.5. The normalized spacial score (nSPS) is 13.7. The van der Waals surface area contributed by atoms with Crippen LogP contribution in [0.3, 0.4) is 0 Å². The van der Waals surface area contributed by atoms with Gasteiger partial charge < -0.3 is 19.5 Å². The summed E-state index contributed by atoms with van der Waals surface area (Å²) in [6.07, 6.45) is 1.66. The highest BCUT2D eigenvalue weighted by Gasteiger charge is 2.31. The number of hydrogen-bond donors (Lipinski definition) is 1. The summed E-state index contributed by atoms with van der Waals surface area (Å²) in [7, 11) is 2.91. The standard InChI is InChI=1S/C19H25NO6/c1-19(2,3)16(21)10-26-18(23)12-8-14(24-4)15(25-5)9-13(12)20-17(22)11-6-7-11/h8-9,11H,6-7,10H2,1-5H3,(H,20,22). The van der Waals surface area contributed by atoms with E-state index in [4.69, 9.17) is 14.2 Å². The Bertz CT molecular complexity index is 715. The van der Waals surface area contributed by atoms with Gasteiger partial charge in [-0.25, -0.2) is 4.79 Å². The van der Waals surface area contributed by atoms with E-state index in [1.807, 2.05) is 0 Å². The minimum absolute atomic E-state index is 0.0329. The van der Waals surface area contributed by atoms with Crippen LogP contribution < -0.4 is 14.8 Å². The molecule has 0 aromatic heterocycles. The van der Waals surface area contributed by atoms with Gasteiger partial charge in [-0.15, -0.1) is 0 Å². The van der Waals surface area contributed by atoms with E-state index in [9.17, 15) is 14.4 Å². The van der Waals surface area contributed by atoms with Gasteiger partial charge in [-0.05, 0) is 12.8 Å². The number of nitrogens with one attached hydrogen (secondary N) is 1. The first-order chi connectivity index (χ1) is 12.2. The number of carbonyl (C=O) groups is 3. The van der Waals surface area contributed by atoms with E-state index >= 15 is 0 Å². The lowest BCUT2D eigenvalue weighted by Crippen LogP contribution is -2.26. The molecule has 1 amide bonds. The maximum Gasteiger partial charge on any atom is 0.340 e. The zero-order valence-electron chi connectivity index (χ0n) is 15.8. The molecule has 0 saturated heterocycles. The largest absolute Gasteiger partial charge is 0.493 e. The van der Waals surface area contributed by atoms with Crippen molar-refractivity contribution in [1.29, 1.82) is 0 Å². The Morgan fingerprint density at radius 2 is 1.65 bits per heavy atom. The van der Waals surface area contributed by atoms with Crippen LogP contribution in [0.4, 0.5) is 5.69 Å². The van der Waals surface area contributed by atoms with E-state index in [1.54, 1.807) is 20.8 Å². The van der Waals surface area contributed by atoms with Crippen molar-refractivity contribution in [2.24, 2.45) is 11.3 Å². The quantitative estimate of drug-likeness (QED) is 0.749. The van der Waals surface area contributed by atoms with Crippen LogP contribution in [0.1, 0.15) is 44.0 Å². The topological polar surface area (TPSA) is 90.9 Å². The number of benzene rings is 1. The summed E-state index contributed by atoms with van der Waals surface area (Å²) in [5, 5.41) is 2.74. The number of ether oxygens (including phenoxy) is 3. The number of amides is 1. The molecular formula is C19H25NO6. The van der Waals surface area contributed by atoms with Crippen molar-refractivity contribution < 1.29 is 28.6 Å². The van der Waals surface area contributed by atoms with Crippen LogP contribution in [0.25, 0.3) is 0 Å². The maximum absolute atomic E-state index is 12.5. The first-order valence-electron chi connectivity index (χ1n) is 8.44. The molecule has 1 aliphatic rings. The number of Topliss-reactive ketones (excluding diaryl/α,β-unsaturated/α-hetero) is 1. The molecule has 0 atom stereocenters. The Morgan fingerprint density at radius 1 is 1.08 bits per heavy atom. The minimum atomic E-state index is -0.713. The number of ketones is 1. The zero-order valence-corrected chi connectivity index (χ0v) is 15.8. The van der Waals surface area contributed by atoms with Crippen molar-refractivity contribution >= 4 is 23.3 Å². The van der Waals surface area contributed by atoms with Gasteiger partial charge in [0.15, 0.2) is 23.9 Å². The summed E-state index contributed by atoms with van der Waals surface area (Å²) in [5.41, 5.74) is -0.230. The number of anilines is 1. The molecule has 1 aromatic rings. The van der Waals surface area contributed by atoms with E-state index in [2.05, 4.69) is 5.32 Å². The van der Waals surface area contributed by atoms with Crippen LogP contribution in [0, 0.1) is 11.3 Å². The Morgan fingerprint density at radius 3 is 2.15 bits per heavy atom. The molecule has 7 heteroatoms. The Labute approximate surface area is 153 Å². The highest BCUT2D eigenvalue weighted by molar-refractivity contribution is 6.03. The van der Waals surface area contributed by atoms with Crippen LogP contribution >= 0.6 is 0 Å². The number of methoxy groups -OCH3 is 2. The van der Waals surface area contributed by atoms with Crippen molar-refractivity contribution in [3.8, 4) is 11.5 Å². The molecule has 1 N–H and O–H groups in total. The molecule has 0 heterocycles. The van der Waals surface area contributed by atoms with Crippen molar-refractivity contribution in [2.45, 2.75) is 33.6 Å². The van der Waals surface area contributed by atoms with Crippen molar-refractivity contribution in [1.82, 2.24) is 0 Å². The fourth-order valence-corrected chi connectivity index (χ4v) is 2.16. The second-order valence-electron chi connectivity index (χ2n) is 7.27. The average Bonchev–Trinajstić information content (AvgIpc) is 3.43. The predicted octanol–water partition coefficient (Wildman–Crippen LogP) is 2.82. The highest BCUT2D eigenvalue weighted by atomic mass is 16.5. The van der Waals surface area contributed by atoms with E-state index in [1.165, 1.54) is 26.4 Å². The molecular weight excluding hydrogens is 338 g/mol. The third-order valence-corrected chi connectivity index (χ3v) is 4.12. The van der Waals surface area contributed by atoms with E-state index < -0.39 is 11.4 Å². The van der Waals surface area contributed by atoms with E-state index in [0.29, 0.717) is 11.5 Å². The average molecular weight is 363 g/mol. The molecule has 1 fully saturated rings. The van der Waals surface area contributed by atoms with E-state index in [-0.39, 0.29) is 35.5 Å². The van der Waals surface area contributed by atoms with Gasteiger partial charge in [0.25, 0.3) is 0 Å². The lowest BCUT2D eigenvalue weighted by Gasteiger charge is -2.18. The van der Waals surface area contributed by atoms with Gasteiger partial charge >= 0.3 is 5.97 Å². The summed E-state index contributed by atoms with van der Waals surface area (Å²) in [6.45, 7) is 4.91. The summed E-state index contributed by atoms with van der Waals surface area (Å²) >= 11 is 0. The molecule has 26 heavy (non-hydrogen) atoms. The first-order valence-corrected chi connectivity index (χ1v) is 8.44. The van der Waals surface area contributed by atoms with Gasteiger partial charge in [0.1, 0.15) is 0 Å². The van der Waals surface area contributed by atoms with Crippen LogP contribution in [-0.2, 0) is 14.3 Å². The molecule has 1 aliphatic carbocycles. The molecule has 1 saturated carbocycles. The molecule has 0 spiro atoms. The molecule has 0 radical (unpaired) electrons. The molecule has 0 aliphatic heterocycles.